The molecule has 1 aliphatic carbocycles. The first-order valence-corrected chi connectivity index (χ1v) is 8.82. The highest BCUT2D eigenvalue weighted by Gasteiger charge is 2.13. The summed E-state index contributed by atoms with van der Waals surface area (Å²) in [5.41, 5.74) is 3.29. The summed E-state index contributed by atoms with van der Waals surface area (Å²) in [6.45, 7) is 1.98. The van der Waals surface area contributed by atoms with Gasteiger partial charge in [-0.25, -0.2) is 4.98 Å². The van der Waals surface area contributed by atoms with Gasteiger partial charge < -0.3 is 10.6 Å². The standard InChI is InChI=1S/C20H25N3O/c1-15-8-6-7-11-18(15)23-20(24)19-13-12-17(14-21-19)22-16-9-4-2-3-5-10-16/h6-8,11-14,16,22H,2-5,9-10H2,1H3,(H,23,24). The number of nitrogens with one attached hydrogen (secondary N) is 2. The molecule has 24 heavy (non-hydrogen) atoms. The molecule has 0 spiro atoms. The number of pyridine rings is 1. The van der Waals surface area contributed by atoms with E-state index in [9.17, 15) is 4.79 Å². The molecule has 0 saturated heterocycles. The third kappa shape index (κ3) is 4.34. The van der Waals surface area contributed by atoms with Crippen molar-refractivity contribution in [3.63, 3.8) is 0 Å². The van der Waals surface area contributed by atoms with Gasteiger partial charge in [0.25, 0.3) is 5.91 Å². The van der Waals surface area contributed by atoms with Crippen LogP contribution in [0.2, 0.25) is 0 Å². The van der Waals surface area contributed by atoms with Crippen molar-refractivity contribution in [2.75, 3.05) is 10.6 Å². The van der Waals surface area contributed by atoms with Crippen molar-refractivity contribution in [3.05, 3.63) is 53.9 Å². The van der Waals surface area contributed by atoms with Crippen molar-refractivity contribution in [2.24, 2.45) is 0 Å². The Morgan fingerprint density at radius 3 is 2.46 bits per heavy atom. The second-order valence-electron chi connectivity index (χ2n) is 6.53. The maximum absolute atomic E-state index is 12.3. The maximum Gasteiger partial charge on any atom is 0.274 e. The number of anilines is 2. The summed E-state index contributed by atoms with van der Waals surface area (Å²) < 4.78 is 0. The van der Waals surface area contributed by atoms with Crippen LogP contribution in [-0.4, -0.2) is 16.9 Å². The van der Waals surface area contributed by atoms with Gasteiger partial charge in [0.15, 0.2) is 0 Å². The Kier molecular flexibility index (Phi) is 5.47. The Morgan fingerprint density at radius 1 is 1.04 bits per heavy atom. The fourth-order valence-corrected chi connectivity index (χ4v) is 3.17. The van der Waals surface area contributed by atoms with Crippen molar-refractivity contribution < 1.29 is 4.79 Å². The van der Waals surface area contributed by atoms with Gasteiger partial charge in [-0.3, -0.25) is 4.79 Å². The fraction of sp³-hybridized carbons (Fsp3) is 0.400. The van der Waals surface area contributed by atoms with Gasteiger partial charge in [-0.1, -0.05) is 43.9 Å². The van der Waals surface area contributed by atoms with Gasteiger partial charge in [-0.2, -0.15) is 0 Å². The molecule has 0 atom stereocenters. The van der Waals surface area contributed by atoms with E-state index in [2.05, 4.69) is 15.6 Å². The Hall–Kier alpha value is -2.36. The van der Waals surface area contributed by atoms with Crippen LogP contribution in [0.15, 0.2) is 42.6 Å². The lowest BCUT2D eigenvalue weighted by Crippen LogP contribution is -2.19. The van der Waals surface area contributed by atoms with E-state index in [4.69, 9.17) is 0 Å². The van der Waals surface area contributed by atoms with Crippen LogP contribution in [0.5, 0.6) is 0 Å². The quantitative estimate of drug-likeness (QED) is 0.796. The van der Waals surface area contributed by atoms with Gasteiger partial charge in [0.1, 0.15) is 5.69 Å². The van der Waals surface area contributed by atoms with Crippen LogP contribution in [0.3, 0.4) is 0 Å². The van der Waals surface area contributed by atoms with Crippen molar-refractivity contribution in [3.8, 4) is 0 Å². The minimum absolute atomic E-state index is 0.176. The number of hydrogen-bond acceptors (Lipinski definition) is 3. The molecular weight excluding hydrogens is 298 g/mol. The van der Waals surface area contributed by atoms with E-state index in [1.54, 1.807) is 12.3 Å². The number of aryl methyl sites for hydroxylation is 1. The normalized spacial score (nSPS) is 15.5. The lowest BCUT2D eigenvalue weighted by molar-refractivity contribution is 0.102. The second-order valence-corrected chi connectivity index (χ2v) is 6.53. The molecule has 0 radical (unpaired) electrons. The predicted molar refractivity (Wildman–Crippen MR) is 98.5 cm³/mol. The number of nitrogens with zero attached hydrogens (tertiary/aromatic N) is 1. The molecule has 3 rings (SSSR count). The van der Waals surface area contributed by atoms with Gasteiger partial charge >= 0.3 is 0 Å². The monoisotopic (exact) mass is 323 g/mol. The molecule has 2 N–H and O–H groups in total. The molecule has 126 valence electrons. The van der Waals surface area contributed by atoms with Crippen molar-refractivity contribution in [2.45, 2.75) is 51.5 Å². The van der Waals surface area contributed by atoms with Crippen LogP contribution in [0.25, 0.3) is 0 Å². The molecule has 2 aromatic rings. The maximum atomic E-state index is 12.3. The number of aromatic nitrogens is 1. The van der Waals surface area contributed by atoms with E-state index >= 15 is 0 Å². The lowest BCUT2D eigenvalue weighted by Gasteiger charge is -2.17. The van der Waals surface area contributed by atoms with Crippen molar-refractivity contribution in [1.29, 1.82) is 0 Å². The van der Waals surface area contributed by atoms with Crippen LogP contribution in [0, 0.1) is 6.92 Å². The molecule has 0 unspecified atom stereocenters. The van der Waals surface area contributed by atoms with Gasteiger partial charge in [-0.05, 0) is 43.5 Å². The number of rotatable bonds is 4. The zero-order valence-corrected chi connectivity index (χ0v) is 14.2. The van der Waals surface area contributed by atoms with E-state index < -0.39 is 0 Å². The van der Waals surface area contributed by atoms with Gasteiger partial charge in [0.2, 0.25) is 0 Å². The molecular formula is C20H25N3O. The molecule has 1 amide bonds. The Bertz CT molecular complexity index is 674. The van der Waals surface area contributed by atoms with Crippen molar-refractivity contribution in [1.82, 2.24) is 4.98 Å². The highest BCUT2D eigenvalue weighted by atomic mass is 16.1. The zero-order chi connectivity index (χ0) is 16.8. The summed E-state index contributed by atoms with van der Waals surface area (Å²) in [6, 6.07) is 12.0. The highest BCUT2D eigenvalue weighted by Crippen LogP contribution is 2.21. The average Bonchev–Trinajstić information content (AvgIpc) is 2.86. The Labute approximate surface area is 143 Å². The predicted octanol–water partition coefficient (Wildman–Crippen LogP) is 4.78. The Morgan fingerprint density at radius 2 is 1.79 bits per heavy atom. The summed E-state index contributed by atoms with van der Waals surface area (Å²) in [4.78, 5) is 16.6. The Balaban J connectivity index is 1.61. The largest absolute Gasteiger partial charge is 0.381 e. The molecule has 1 aliphatic rings. The van der Waals surface area contributed by atoms with Crippen LogP contribution in [0.1, 0.15) is 54.6 Å². The highest BCUT2D eigenvalue weighted by molar-refractivity contribution is 6.03. The lowest BCUT2D eigenvalue weighted by atomic mass is 10.1. The minimum Gasteiger partial charge on any atom is -0.381 e. The number of amides is 1. The summed E-state index contributed by atoms with van der Waals surface area (Å²) in [5, 5.41) is 6.47. The SMILES string of the molecule is Cc1ccccc1NC(=O)c1ccc(NC2CCCCCC2)cn1. The first-order valence-electron chi connectivity index (χ1n) is 8.82. The minimum atomic E-state index is -0.176. The first-order chi connectivity index (χ1) is 11.7. The van der Waals surface area contributed by atoms with Crippen LogP contribution < -0.4 is 10.6 Å². The molecule has 1 fully saturated rings. The second kappa shape index (κ2) is 7.95. The molecule has 0 aliphatic heterocycles. The number of carbonyl (C=O) groups excluding carboxylic acids is 1. The molecule has 0 bridgehead atoms. The summed E-state index contributed by atoms with van der Waals surface area (Å²) in [5.74, 6) is -0.176. The van der Waals surface area contributed by atoms with Crippen LogP contribution >= 0.6 is 0 Å². The summed E-state index contributed by atoms with van der Waals surface area (Å²) in [7, 11) is 0. The van der Waals surface area contributed by atoms with E-state index in [1.807, 2.05) is 37.3 Å². The van der Waals surface area contributed by atoms with Gasteiger partial charge in [-0.15, -0.1) is 0 Å². The van der Waals surface area contributed by atoms with E-state index in [-0.39, 0.29) is 5.91 Å². The van der Waals surface area contributed by atoms with E-state index in [0.717, 1.165) is 16.9 Å². The first kappa shape index (κ1) is 16.5. The van der Waals surface area contributed by atoms with Crippen LogP contribution in [-0.2, 0) is 0 Å². The number of benzene rings is 1. The van der Waals surface area contributed by atoms with Crippen molar-refractivity contribution >= 4 is 17.3 Å². The van der Waals surface area contributed by atoms with Gasteiger partial charge in [0.05, 0.1) is 11.9 Å². The molecule has 1 aromatic heterocycles. The van der Waals surface area contributed by atoms with E-state index in [0.29, 0.717) is 11.7 Å². The average molecular weight is 323 g/mol. The number of hydrogen-bond donors (Lipinski definition) is 2. The van der Waals surface area contributed by atoms with E-state index in [1.165, 1.54) is 38.5 Å². The smallest absolute Gasteiger partial charge is 0.274 e. The summed E-state index contributed by atoms with van der Waals surface area (Å²) >= 11 is 0. The fourth-order valence-electron chi connectivity index (χ4n) is 3.17. The molecule has 1 aromatic carbocycles. The molecule has 1 saturated carbocycles. The zero-order valence-electron chi connectivity index (χ0n) is 14.2. The third-order valence-corrected chi connectivity index (χ3v) is 4.62. The van der Waals surface area contributed by atoms with Crippen LogP contribution in [0.4, 0.5) is 11.4 Å². The molecule has 4 heteroatoms. The molecule has 4 nitrogen and oxygen atoms in total. The number of carbonyl (C=O) groups is 1. The molecule has 1 heterocycles. The van der Waals surface area contributed by atoms with Gasteiger partial charge in [0, 0.05) is 11.7 Å². The third-order valence-electron chi connectivity index (χ3n) is 4.62. The topological polar surface area (TPSA) is 54.0 Å². The summed E-state index contributed by atoms with van der Waals surface area (Å²) in [6.07, 6.45) is 9.47. The number of para-hydroxylation sites is 1.